The molecule has 1 fully saturated rings. The number of anilines is 1. The number of sulfonamides is 1. The highest BCUT2D eigenvalue weighted by Gasteiger charge is 2.28. The average molecular weight is 429 g/mol. The van der Waals surface area contributed by atoms with Crippen LogP contribution in [0.15, 0.2) is 52.2 Å². The second-order valence-corrected chi connectivity index (χ2v) is 9.78. The molecule has 0 saturated carbocycles. The number of aromatic amines is 2. The Hall–Kier alpha value is -3.07. The van der Waals surface area contributed by atoms with Crippen molar-refractivity contribution in [2.75, 3.05) is 17.8 Å². The molecule has 3 N–H and O–H groups in total. The molecule has 30 heavy (non-hydrogen) atoms. The van der Waals surface area contributed by atoms with Crippen molar-refractivity contribution in [3.63, 3.8) is 0 Å². The van der Waals surface area contributed by atoms with Crippen LogP contribution in [0.3, 0.4) is 0 Å². The average Bonchev–Trinajstić information content (AvgIpc) is 3.06. The third-order valence-corrected chi connectivity index (χ3v) is 6.72. The molecular weight excluding hydrogens is 404 g/mol. The first-order valence-electron chi connectivity index (χ1n) is 9.86. The molecule has 3 aromatic rings. The quantitative estimate of drug-likeness (QED) is 0.593. The molecule has 0 bridgehead atoms. The Bertz CT molecular complexity index is 1250. The molecule has 1 aliphatic rings. The van der Waals surface area contributed by atoms with Crippen molar-refractivity contribution >= 4 is 32.7 Å². The van der Waals surface area contributed by atoms with Crippen molar-refractivity contribution in [3.05, 3.63) is 58.5 Å². The lowest BCUT2D eigenvalue weighted by Crippen LogP contribution is -2.42. The van der Waals surface area contributed by atoms with E-state index in [2.05, 4.69) is 28.5 Å². The maximum atomic E-state index is 13.2. The molecule has 0 unspecified atom stereocenters. The van der Waals surface area contributed by atoms with Gasteiger partial charge < -0.3 is 14.9 Å². The highest BCUT2D eigenvalue weighted by molar-refractivity contribution is 7.92. The first-order valence-corrected chi connectivity index (χ1v) is 11.3. The van der Waals surface area contributed by atoms with Gasteiger partial charge in [0.05, 0.1) is 27.2 Å². The maximum absolute atomic E-state index is 13.2. The minimum atomic E-state index is -3.96. The predicted molar refractivity (Wildman–Crippen MR) is 115 cm³/mol. The summed E-state index contributed by atoms with van der Waals surface area (Å²) in [6.45, 7) is 5.54. The van der Waals surface area contributed by atoms with E-state index in [-0.39, 0.29) is 16.5 Å². The number of H-pyrrole nitrogens is 2. The zero-order valence-corrected chi connectivity index (χ0v) is 17.6. The number of para-hydroxylation sites is 1. The Morgan fingerprint density at radius 3 is 2.43 bits per heavy atom. The zero-order chi connectivity index (χ0) is 21.5. The van der Waals surface area contributed by atoms with Crippen molar-refractivity contribution < 1.29 is 13.2 Å². The van der Waals surface area contributed by atoms with E-state index in [0.717, 1.165) is 6.42 Å². The van der Waals surface area contributed by atoms with Crippen LogP contribution in [-0.2, 0) is 10.0 Å². The third-order valence-electron chi connectivity index (χ3n) is 5.36. The first-order chi connectivity index (χ1) is 14.2. The topological polar surface area (TPSA) is 115 Å². The number of hydrogen-bond acceptors (Lipinski definition) is 4. The number of nitrogens with one attached hydrogen (secondary N) is 3. The summed E-state index contributed by atoms with van der Waals surface area (Å²) in [6.07, 6.45) is 1.07. The van der Waals surface area contributed by atoms with Crippen LogP contribution in [0.5, 0.6) is 0 Å². The zero-order valence-electron chi connectivity index (χ0n) is 16.8. The molecule has 0 spiro atoms. The summed E-state index contributed by atoms with van der Waals surface area (Å²) in [5.74, 6) is 0.616. The highest BCUT2D eigenvalue weighted by atomic mass is 32.2. The van der Waals surface area contributed by atoms with Crippen LogP contribution in [0.4, 0.5) is 5.69 Å². The fraction of sp³-hybridized carbons (Fsp3) is 0.333. The second-order valence-electron chi connectivity index (χ2n) is 8.09. The maximum Gasteiger partial charge on any atom is 0.323 e. The van der Waals surface area contributed by atoms with E-state index in [0.29, 0.717) is 41.5 Å². The van der Waals surface area contributed by atoms with Gasteiger partial charge in [-0.25, -0.2) is 13.2 Å². The number of hydrogen-bond donors (Lipinski definition) is 3. The van der Waals surface area contributed by atoms with E-state index in [9.17, 15) is 18.0 Å². The summed E-state index contributed by atoms with van der Waals surface area (Å²) in [5.41, 5.74) is 1.05. The van der Waals surface area contributed by atoms with Gasteiger partial charge in [0.25, 0.3) is 15.9 Å². The molecule has 8 nitrogen and oxygen atoms in total. The number of piperidine rings is 1. The van der Waals surface area contributed by atoms with Crippen LogP contribution >= 0.6 is 0 Å². The summed E-state index contributed by atoms with van der Waals surface area (Å²) in [7, 11) is -3.96. The number of amides is 1. The normalized spacial score (nSPS) is 19.7. The Kier molecular flexibility index (Phi) is 5.15. The van der Waals surface area contributed by atoms with Gasteiger partial charge in [0, 0.05) is 13.1 Å². The molecule has 1 saturated heterocycles. The van der Waals surface area contributed by atoms with Crippen LogP contribution in [0, 0.1) is 11.8 Å². The second kappa shape index (κ2) is 7.64. The van der Waals surface area contributed by atoms with E-state index < -0.39 is 15.7 Å². The van der Waals surface area contributed by atoms with E-state index in [4.69, 9.17) is 0 Å². The summed E-state index contributed by atoms with van der Waals surface area (Å²) in [6, 6.07) is 10.9. The fourth-order valence-electron chi connectivity index (χ4n) is 4.14. The van der Waals surface area contributed by atoms with Gasteiger partial charge >= 0.3 is 5.69 Å². The van der Waals surface area contributed by atoms with Crippen LogP contribution in [-0.4, -0.2) is 42.3 Å². The number of nitrogens with zero attached hydrogens (tertiary/aromatic N) is 1. The van der Waals surface area contributed by atoms with Gasteiger partial charge in [0.1, 0.15) is 0 Å². The van der Waals surface area contributed by atoms with Gasteiger partial charge in [-0.2, -0.15) is 0 Å². The van der Waals surface area contributed by atoms with Crippen LogP contribution in [0.2, 0.25) is 0 Å². The molecule has 1 aliphatic heterocycles. The minimum absolute atomic E-state index is 0.00674. The molecule has 2 aromatic carbocycles. The molecular formula is C21H24N4O4S. The van der Waals surface area contributed by atoms with Crippen molar-refractivity contribution in [2.24, 2.45) is 11.8 Å². The minimum Gasteiger partial charge on any atom is -0.338 e. The lowest BCUT2D eigenvalue weighted by molar-refractivity contribution is 0.0624. The van der Waals surface area contributed by atoms with Crippen molar-refractivity contribution in [1.82, 2.24) is 14.9 Å². The summed E-state index contributed by atoms with van der Waals surface area (Å²) >= 11 is 0. The molecule has 9 heteroatoms. The van der Waals surface area contributed by atoms with Gasteiger partial charge in [-0.05, 0) is 48.6 Å². The smallest absolute Gasteiger partial charge is 0.323 e. The van der Waals surface area contributed by atoms with E-state index in [1.165, 1.54) is 18.2 Å². The van der Waals surface area contributed by atoms with E-state index in [1.807, 2.05) is 0 Å². The number of imidazole rings is 1. The number of fused-ring (bicyclic) bond motifs is 1. The van der Waals surface area contributed by atoms with Crippen LogP contribution in [0.25, 0.3) is 11.0 Å². The third kappa shape index (κ3) is 3.97. The Morgan fingerprint density at radius 1 is 1.03 bits per heavy atom. The number of carbonyl (C=O) groups excluding carboxylic acids is 1. The van der Waals surface area contributed by atoms with Gasteiger partial charge in [-0.1, -0.05) is 26.0 Å². The molecule has 158 valence electrons. The standard InChI is InChI=1S/C21H24N4O4S/c1-13-9-14(2)12-25(11-13)20(26)16-5-3-4-6-17(16)24-30(28,29)15-7-8-18-19(10-15)23-21(27)22-18/h3-8,10,13-14,24H,9,11-12H2,1-2H3,(H2,22,23,27)/t13-,14+. The summed E-state index contributed by atoms with van der Waals surface area (Å²) in [5, 5.41) is 0. The summed E-state index contributed by atoms with van der Waals surface area (Å²) < 4.78 is 28.5. The fourth-order valence-corrected chi connectivity index (χ4v) is 5.25. The SMILES string of the molecule is C[C@@H]1C[C@H](C)CN(C(=O)c2ccccc2NS(=O)(=O)c2ccc3[nH]c(=O)[nH]c3c2)C1. The highest BCUT2D eigenvalue weighted by Crippen LogP contribution is 2.26. The lowest BCUT2D eigenvalue weighted by Gasteiger charge is -2.35. The molecule has 0 aliphatic carbocycles. The van der Waals surface area contributed by atoms with Gasteiger partial charge in [-0.3, -0.25) is 9.52 Å². The Labute approximate surface area is 174 Å². The van der Waals surface area contributed by atoms with Crippen molar-refractivity contribution in [3.8, 4) is 0 Å². The number of carbonyl (C=O) groups is 1. The first kappa shape index (κ1) is 20.2. The molecule has 0 radical (unpaired) electrons. The number of aromatic nitrogens is 2. The van der Waals surface area contributed by atoms with Crippen molar-refractivity contribution in [1.29, 1.82) is 0 Å². The Morgan fingerprint density at radius 2 is 1.70 bits per heavy atom. The van der Waals surface area contributed by atoms with Crippen LogP contribution in [0.1, 0.15) is 30.6 Å². The largest absolute Gasteiger partial charge is 0.338 e. The van der Waals surface area contributed by atoms with Crippen LogP contribution < -0.4 is 10.4 Å². The van der Waals surface area contributed by atoms with Crippen molar-refractivity contribution in [2.45, 2.75) is 25.2 Å². The molecule has 4 rings (SSSR count). The van der Waals surface area contributed by atoms with E-state index in [1.54, 1.807) is 29.2 Å². The molecule has 2 atom stereocenters. The molecule has 1 amide bonds. The molecule has 1 aromatic heterocycles. The van der Waals surface area contributed by atoms with E-state index >= 15 is 0 Å². The Balaban J connectivity index is 1.64. The monoisotopic (exact) mass is 428 g/mol. The summed E-state index contributed by atoms with van der Waals surface area (Å²) in [4.78, 5) is 31.5. The van der Waals surface area contributed by atoms with Gasteiger partial charge in [-0.15, -0.1) is 0 Å². The van der Waals surface area contributed by atoms with Gasteiger partial charge in [0.2, 0.25) is 0 Å². The lowest BCUT2D eigenvalue weighted by atomic mass is 9.91. The number of likely N-dealkylation sites (tertiary alicyclic amines) is 1. The predicted octanol–water partition coefficient (Wildman–Crippen LogP) is 2.78. The molecule has 2 heterocycles. The van der Waals surface area contributed by atoms with Gasteiger partial charge in [0.15, 0.2) is 0 Å². The number of rotatable bonds is 4. The number of benzene rings is 2.